The molecule has 0 N–H and O–H groups in total. The third kappa shape index (κ3) is 3.96. The molecule has 0 aliphatic heterocycles. The summed E-state index contributed by atoms with van der Waals surface area (Å²) in [7, 11) is 1.67. The molecular formula is C26H25F3N2O2S. The van der Waals surface area contributed by atoms with E-state index in [1.54, 1.807) is 7.05 Å². The van der Waals surface area contributed by atoms with Crippen molar-refractivity contribution >= 4 is 23.1 Å². The number of aromatic nitrogens is 2. The predicted octanol–water partition coefficient (Wildman–Crippen LogP) is 6.09. The van der Waals surface area contributed by atoms with E-state index in [1.165, 1.54) is 22.3 Å². The van der Waals surface area contributed by atoms with E-state index in [-0.39, 0.29) is 22.3 Å². The summed E-state index contributed by atoms with van der Waals surface area (Å²) in [5.74, 6) is -0.534. The van der Waals surface area contributed by atoms with Crippen molar-refractivity contribution < 1.29 is 18.0 Å². The molecule has 0 radical (unpaired) electrons. The van der Waals surface area contributed by atoms with E-state index in [1.807, 2.05) is 0 Å². The van der Waals surface area contributed by atoms with Gasteiger partial charge in [-0.3, -0.25) is 14.2 Å². The number of carbonyl (C=O) groups excluding carboxylic acids is 1. The highest BCUT2D eigenvalue weighted by Crippen LogP contribution is 2.52. The molecular weight excluding hydrogens is 461 g/mol. The summed E-state index contributed by atoms with van der Waals surface area (Å²) < 4.78 is 40.6. The standard InChI is InChI=1S/C26H25F3N2O2S/c1-31-23(33)21-22(19-10-3-2-7-17(19)14-25(21)11-4-5-12-25)30-24(31)34-15-20(32)16-8-6-9-18(13-16)26(27,28)29/h2,6-9,13H,3-5,10-12,14-15H2,1H3. The fourth-order valence-corrected chi connectivity index (χ4v) is 6.43. The van der Waals surface area contributed by atoms with Crippen LogP contribution in [-0.2, 0) is 18.6 Å². The van der Waals surface area contributed by atoms with Crippen molar-refractivity contribution in [3.63, 3.8) is 0 Å². The Kier molecular flexibility index (Phi) is 5.82. The van der Waals surface area contributed by atoms with Gasteiger partial charge in [0, 0.05) is 18.0 Å². The molecule has 1 saturated carbocycles. The molecule has 0 atom stereocenters. The van der Waals surface area contributed by atoms with Crippen LogP contribution < -0.4 is 5.56 Å². The smallest absolute Gasteiger partial charge is 0.293 e. The minimum absolute atomic E-state index is 0.00222. The van der Waals surface area contributed by atoms with Gasteiger partial charge in [-0.1, -0.05) is 48.9 Å². The first kappa shape index (κ1) is 23.1. The molecule has 1 aromatic heterocycles. The lowest BCUT2D eigenvalue weighted by atomic mass is 9.67. The summed E-state index contributed by atoms with van der Waals surface area (Å²) in [6, 6.07) is 4.44. The summed E-state index contributed by atoms with van der Waals surface area (Å²) >= 11 is 1.10. The fourth-order valence-electron chi connectivity index (χ4n) is 5.57. The molecule has 8 heteroatoms. The SMILES string of the molecule is Cn1c(SCC(=O)c2cccc(C(F)(F)F)c2)nc2c(c1=O)C1(CCCC1)CC1=C2CCC=C1. The quantitative estimate of drug-likeness (QED) is 0.298. The number of alkyl halides is 3. The van der Waals surface area contributed by atoms with Gasteiger partial charge >= 0.3 is 6.18 Å². The first-order chi connectivity index (χ1) is 16.2. The molecule has 4 nitrogen and oxygen atoms in total. The highest BCUT2D eigenvalue weighted by Gasteiger charge is 2.45. The molecule has 178 valence electrons. The summed E-state index contributed by atoms with van der Waals surface area (Å²) in [6.07, 6.45) is 6.59. The third-order valence-electron chi connectivity index (χ3n) is 7.27. The van der Waals surface area contributed by atoms with Gasteiger partial charge in [0.2, 0.25) is 0 Å². The van der Waals surface area contributed by atoms with Crippen LogP contribution in [0.1, 0.15) is 72.1 Å². The van der Waals surface area contributed by atoms with Crippen LogP contribution in [0.3, 0.4) is 0 Å². The number of carbonyl (C=O) groups is 1. The molecule has 0 unspecified atom stereocenters. The van der Waals surface area contributed by atoms with Gasteiger partial charge in [0.1, 0.15) is 0 Å². The van der Waals surface area contributed by atoms with E-state index in [0.717, 1.165) is 85.7 Å². The molecule has 0 bridgehead atoms. The second-order valence-corrected chi connectivity index (χ2v) is 10.3. The first-order valence-corrected chi connectivity index (χ1v) is 12.5. The molecule has 1 heterocycles. The van der Waals surface area contributed by atoms with Gasteiger partial charge < -0.3 is 0 Å². The first-order valence-electron chi connectivity index (χ1n) is 11.5. The van der Waals surface area contributed by atoms with Crippen molar-refractivity contribution in [1.29, 1.82) is 0 Å². The largest absolute Gasteiger partial charge is 0.416 e. The minimum Gasteiger partial charge on any atom is -0.293 e. The summed E-state index contributed by atoms with van der Waals surface area (Å²) in [5.41, 5.74) is 2.87. The van der Waals surface area contributed by atoms with Crippen LogP contribution in [0.2, 0.25) is 0 Å². The predicted molar refractivity (Wildman–Crippen MR) is 126 cm³/mol. The number of rotatable bonds is 4. The fraction of sp³-hybridized carbons (Fsp3) is 0.423. The van der Waals surface area contributed by atoms with Crippen LogP contribution in [0.15, 0.2) is 51.9 Å². The molecule has 1 fully saturated rings. The number of thioether (sulfide) groups is 1. The van der Waals surface area contributed by atoms with Gasteiger partial charge in [-0.2, -0.15) is 13.2 Å². The van der Waals surface area contributed by atoms with Crippen molar-refractivity contribution in [1.82, 2.24) is 9.55 Å². The van der Waals surface area contributed by atoms with Crippen LogP contribution in [0.25, 0.3) is 5.57 Å². The maximum atomic E-state index is 13.6. The number of ketones is 1. The van der Waals surface area contributed by atoms with E-state index >= 15 is 0 Å². The van der Waals surface area contributed by atoms with Gasteiger partial charge in [0.05, 0.1) is 22.6 Å². The summed E-state index contributed by atoms with van der Waals surface area (Å²) in [4.78, 5) is 31.2. The number of halogens is 3. The normalized spacial score (nSPS) is 18.8. The molecule has 3 aliphatic rings. The molecule has 2 aromatic rings. The maximum absolute atomic E-state index is 13.6. The highest BCUT2D eigenvalue weighted by atomic mass is 32.2. The average molecular weight is 487 g/mol. The van der Waals surface area contributed by atoms with Crippen molar-refractivity contribution in [3.8, 4) is 0 Å². The minimum atomic E-state index is -4.51. The number of hydrogen-bond donors (Lipinski definition) is 0. The van der Waals surface area contributed by atoms with Crippen LogP contribution >= 0.6 is 11.8 Å². The second-order valence-electron chi connectivity index (χ2n) is 9.38. The van der Waals surface area contributed by atoms with Crippen molar-refractivity contribution in [2.45, 2.75) is 61.7 Å². The molecule has 5 rings (SSSR count). The zero-order valence-electron chi connectivity index (χ0n) is 18.9. The zero-order valence-corrected chi connectivity index (χ0v) is 19.7. The molecule has 34 heavy (non-hydrogen) atoms. The van der Waals surface area contributed by atoms with E-state index < -0.39 is 17.5 Å². The van der Waals surface area contributed by atoms with Gasteiger partial charge in [0.15, 0.2) is 10.9 Å². The number of hydrogen-bond acceptors (Lipinski definition) is 4. The number of allylic oxidation sites excluding steroid dienone is 4. The topological polar surface area (TPSA) is 52.0 Å². The summed E-state index contributed by atoms with van der Waals surface area (Å²) in [6.45, 7) is 0. The van der Waals surface area contributed by atoms with Crippen LogP contribution in [0.5, 0.6) is 0 Å². The zero-order chi connectivity index (χ0) is 24.1. The molecule has 1 spiro atoms. The molecule has 3 aliphatic carbocycles. The number of benzene rings is 1. The second kappa shape index (κ2) is 8.56. The Morgan fingerprint density at radius 2 is 2.00 bits per heavy atom. The third-order valence-corrected chi connectivity index (χ3v) is 8.30. The van der Waals surface area contributed by atoms with Crippen LogP contribution in [0.4, 0.5) is 13.2 Å². The van der Waals surface area contributed by atoms with Gasteiger partial charge in [-0.05, 0) is 55.4 Å². The molecule has 0 saturated heterocycles. The number of Topliss-reactive ketones (excluding diaryl/α,β-unsaturated/α-hetero) is 1. The van der Waals surface area contributed by atoms with E-state index in [4.69, 9.17) is 4.98 Å². The summed E-state index contributed by atoms with van der Waals surface area (Å²) in [5, 5.41) is 0.417. The Bertz CT molecular complexity index is 1280. The van der Waals surface area contributed by atoms with Gasteiger partial charge in [0.25, 0.3) is 5.56 Å². The van der Waals surface area contributed by atoms with Crippen molar-refractivity contribution in [2.75, 3.05) is 5.75 Å². The van der Waals surface area contributed by atoms with Crippen molar-refractivity contribution in [3.05, 3.63) is 74.7 Å². The van der Waals surface area contributed by atoms with Gasteiger partial charge in [-0.15, -0.1) is 0 Å². The molecule has 1 aromatic carbocycles. The lowest BCUT2D eigenvalue weighted by Crippen LogP contribution is -2.39. The Labute approximate surface area is 200 Å². The Balaban J connectivity index is 1.49. The van der Waals surface area contributed by atoms with E-state index in [2.05, 4.69) is 12.2 Å². The van der Waals surface area contributed by atoms with Crippen LogP contribution in [-0.4, -0.2) is 21.1 Å². The van der Waals surface area contributed by atoms with E-state index in [9.17, 15) is 22.8 Å². The van der Waals surface area contributed by atoms with Crippen LogP contribution in [0, 0.1) is 0 Å². The maximum Gasteiger partial charge on any atom is 0.416 e. The Morgan fingerprint density at radius 3 is 2.74 bits per heavy atom. The van der Waals surface area contributed by atoms with E-state index in [0.29, 0.717) is 5.16 Å². The van der Waals surface area contributed by atoms with Crippen molar-refractivity contribution in [2.24, 2.45) is 7.05 Å². The molecule has 0 amide bonds. The Hall–Kier alpha value is -2.61. The van der Waals surface area contributed by atoms with Gasteiger partial charge in [-0.25, -0.2) is 4.98 Å². The lowest BCUT2D eigenvalue weighted by molar-refractivity contribution is -0.137. The number of fused-ring (bicyclic) bond motifs is 3. The highest BCUT2D eigenvalue weighted by molar-refractivity contribution is 7.99. The Morgan fingerprint density at radius 1 is 1.24 bits per heavy atom. The average Bonchev–Trinajstić information content (AvgIpc) is 3.27. The monoisotopic (exact) mass is 486 g/mol. The number of nitrogens with zero attached hydrogens (tertiary/aromatic N) is 2. The lowest BCUT2D eigenvalue weighted by Gasteiger charge is -2.37.